The fourth-order valence-electron chi connectivity index (χ4n) is 3.17. The summed E-state index contributed by atoms with van der Waals surface area (Å²) < 4.78 is 13.9. The Morgan fingerprint density at radius 1 is 1.00 bits per heavy atom. The molecule has 0 saturated carbocycles. The van der Waals surface area contributed by atoms with Gasteiger partial charge in [-0.3, -0.25) is 4.79 Å². The number of amides is 1. The van der Waals surface area contributed by atoms with Gasteiger partial charge in [0, 0.05) is 19.3 Å². The molecule has 1 aliphatic rings. The molecule has 7 heteroatoms. The normalized spacial score (nSPS) is 13.4. The van der Waals surface area contributed by atoms with Crippen molar-refractivity contribution >= 4 is 28.9 Å². The van der Waals surface area contributed by atoms with Gasteiger partial charge in [0.05, 0.1) is 23.1 Å². The van der Waals surface area contributed by atoms with E-state index in [0.29, 0.717) is 11.3 Å². The van der Waals surface area contributed by atoms with Gasteiger partial charge in [0.15, 0.2) is 0 Å². The number of nitrogens with zero attached hydrogens (tertiary/aromatic N) is 3. The van der Waals surface area contributed by atoms with Crippen LogP contribution in [0.4, 0.5) is 27.4 Å². The molecule has 1 fully saturated rings. The maximum absolute atomic E-state index is 13.9. The van der Waals surface area contributed by atoms with Crippen LogP contribution in [-0.4, -0.2) is 29.0 Å². The first-order valence-electron chi connectivity index (χ1n) is 9.19. The topological polar surface area (TPSA) is 70.2 Å². The zero-order valence-corrected chi connectivity index (χ0v) is 15.2. The van der Waals surface area contributed by atoms with Crippen LogP contribution >= 0.6 is 0 Å². The van der Waals surface area contributed by atoms with Gasteiger partial charge in [-0.05, 0) is 49.2 Å². The molecule has 0 radical (unpaired) electrons. The minimum Gasteiger partial charge on any atom is -0.357 e. The van der Waals surface area contributed by atoms with E-state index in [1.807, 2.05) is 12.1 Å². The first kappa shape index (κ1) is 17.9. The fraction of sp³-hybridized carbons (Fsp3) is 0.190. The van der Waals surface area contributed by atoms with Crippen LogP contribution in [0.3, 0.4) is 0 Å². The van der Waals surface area contributed by atoms with E-state index < -0.39 is 5.82 Å². The van der Waals surface area contributed by atoms with E-state index in [-0.39, 0.29) is 17.4 Å². The molecule has 0 spiro atoms. The van der Waals surface area contributed by atoms with Crippen LogP contribution < -0.4 is 15.5 Å². The van der Waals surface area contributed by atoms with Crippen molar-refractivity contribution in [2.75, 3.05) is 28.6 Å². The summed E-state index contributed by atoms with van der Waals surface area (Å²) in [6, 6.07) is 13.3. The van der Waals surface area contributed by atoms with Crippen molar-refractivity contribution in [3.63, 3.8) is 0 Å². The SMILES string of the molecule is O=C(Nc1ccc(N2CCCC2)nc1)c1cccnc1Nc1ccccc1F. The summed E-state index contributed by atoms with van der Waals surface area (Å²) in [5.74, 6) is 0.439. The molecule has 2 N–H and O–H groups in total. The maximum atomic E-state index is 13.9. The molecule has 6 nitrogen and oxygen atoms in total. The number of aromatic nitrogens is 2. The Morgan fingerprint density at radius 3 is 2.57 bits per heavy atom. The number of para-hydroxylation sites is 1. The van der Waals surface area contributed by atoms with Crippen molar-refractivity contribution in [3.8, 4) is 0 Å². The lowest BCUT2D eigenvalue weighted by atomic mass is 10.2. The van der Waals surface area contributed by atoms with E-state index in [0.717, 1.165) is 18.9 Å². The van der Waals surface area contributed by atoms with Gasteiger partial charge in [-0.25, -0.2) is 14.4 Å². The molecule has 1 aromatic carbocycles. The number of anilines is 4. The van der Waals surface area contributed by atoms with E-state index in [2.05, 4.69) is 25.5 Å². The average molecular weight is 377 g/mol. The average Bonchev–Trinajstić information content (AvgIpc) is 3.25. The minimum atomic E-state index is -0.416. The monoisotopic (exact) mass is 377 g/mol. The second-order valence-corrected chi connectivity index (χ2v) is 6.56. The second kappa shape index (κ2) is 8.04. The van der Waals surface area contributed by atoms with Crippen LogP contribution in [0.25, 0.3) is 0 Å². The molecular formula is C21H20FN5O. The third-order valence-corrected chi connectivity index (χ3v) is 4.62. The Morgan fingerprint density at radius 2 is 1.82 bits per heavy atom. The number of carbonyl (C=O) groups is 1. The molecule has 28 heavy (non-hydrogen) atoms. The maximum Gasteiger partial charge on any atom is 0.259 e. The molecule has 142 valence electrons. The van der Waals surface area contributed by atoms with E-state index >= 15 is 0 Å². The van der Waals surface area contributed by atoms with Crippen molar-refractivity contribution in [1.82, 2.24) is 9.97 Å². The molecule has 2 aromatic heterocycles. The molecule has 1 saturated heterocycles. The highest BCUT2D eigenvalue weighted by molar-refractivity contribution is 6.07. The highest BCUT2D eigenvalue weighted by Crippen LogP contribution is 2.23. The molecular weight excluding hydrogens is 357 g/mol. The van der Waals surface area contributed by atoms with Gasteiger partial charge in [-0.2, -0.15) is 0 Å². The van der Waals surface area contributed by atoms with Crippen LogP contribution in [0, 0.1) is 5.82 Å². The summed E-state index contributed by atoms with van der Waals surface area (Å²) in [4.78, 5) is 23.6. The van der Waals surface area contributed by atoms with Crippen LogP contribution in [0.5, 0.6) is 0 Å². The zero-order chi connectivity index (χ0) is 19.3. The molecule has 0 atom stereocenters. The van der Waals surface area contributed by atoms with E-state index in [1.54, 1.807) is 42.7 Å². The Hall–Kier alpha value is -3.48. The Balaban J connectivity index is 1.50. The Kier molecular flexibility index (Phi) is 5.14. The quantitative estimate of drug-likeness (QED) is 0.697. The molecule has 1 amide bonds. The summed E-state index contributed by atoms with van der Waals surface area (Å²) in [6.45, 7) is 2.03. The van der Waals surface area contributed by atoms with Gasteiger partial charge in [0.2, 0.25) is 0 Å². The lowest BCUT2D eigenvalue weighted by molar-refractivity contribution is 0.102. The van der Waals surface area contributed by atoms with Gasteiger partial charge in [0.25, 0.3) is 5.91 Å². The molecule has 4 rings (SSSR count). The third kappa shape index (κ3) is 3.93. The predicted molar refractivity (Wildman–Crippen MR) is 108 cm³/mol. The zero-order valence-electron chi connectivity index (χ0n) is 15.2. The fourth-order valence-corrected chi connectivity index (χ4v) is 3.17. The van der Waals surface area contributed by atoms with Gasteiger partial charge in [-0.15, -0.1) is 0 Å². The number of benzene rings is 1. The molecule has 0 bridgehead atoms. The number of rotatable bonds is 5. The van der Waals surface area contributed by atoms with Crippen LogP contribution in [0.15, 0.2) is 60.9 Å². The number of carbonyl (C=O) groups excluding carboxylic acids is 1. The van der Waals surface area contributed by atoms with Crippen molar-refractivity contribution in [2.24, 2.45) is 0 Å². The lowest BCUT2D eigenvalue weighted by Gasteiger charge is -2.16. The number of hydrogen-bond donors (Lipinski definition) is 2. The third-order valence-electron chi connectivity index (χ3n) is 4.62. The van der Waals surface area contributed by atoms with Gasteiger partial charge in [-0.1, -0.05) is 12.1 Å². The van der Waals surface area contributed by atoms with Gasteiger partial charge in [0.1, 0.15) is 17.5 Å². The van der Waals surface area contributed by atoms with Crippen LogP contribution in [0.2, 0.25) is 0 Å². The first-order chi connectivity index (χ1) is 13.7. The standard InChI is InChI=1S/C21H20FN5O/c22-17-7-1-2-8-18(17)26-20-16(6-5-11-23-20)21(28)25-15-9-10-19(24-14-15)27-12-3-4-13-27/h1-2,5-11,14H,3-4,12-13H2,(H,23,26)(H,25,28). The predicted octanol–water partition coefficient (Wildman–Crippen LogP) is 4.21. The van der Waals surface area contributed by atoms with E-state index in [4.69, 9.17) is 0 Å². The van der Waals surface area contributed by atoms with E-state index in [1.165, 1.54) is 18.9 Å². The number of pyridine rings is 2. The van der Waals surface area contributed by atoms with E-state index in [9.17, 15) is 9.18 Å². The largest absolute Gasteiger partial charge is 0.357 e. The molecule has 3 aromatic rings. The molecule has 0 aliphatic carbocycles. The Labute approximate surface area is 162 Å². The summed E-state index contributed by atoms with van der Waals surface area (Å²) in [5.41, 5.74) is 1.16. The summed E-state index contributed by atoms with van der Waals surface area (Å²) in [5, 5.41) is 5.71. The van der Waals surface area contributed by atoms with Crippen molar-refractivity contribution in [3.05, 3.63) is 72.3 Å². The Bertz CT molecular complexity index is 971. The summed E-state index contributed by atoms with van der Waals surface area (Å²) in [7, 11) is 0. The van der Waals surface area contributed by atoms with Crippen molar-refractivity contribution in [2.45, 2.75) is 12.8 Å². The number of hydrogen-bond acceptors (Lipinski definition) is 5. The molecule has 1 aliphatic heterocycles. The van der Waals surface area contributed by atoms with Gasteiger partial charge < -0.3 is 15.5 Å². The smallest absolute Gasteiger partial charge is 0.259 e. The highest BCUT2D eigenvalue weighted by Gasteiger charge is 2.16. The second-order valence-electron chi connectivity index (χ2n) is 6.56. The van der Waals surface area contributed by atoms with Crippen molar-refractivity contribution in [1.29, 1.82) is 0 Å². The first-order valence-corrected chi connectivity index (χ1v) is 9.19. The number of halogens is 1. The lowest BCUT2D eigenvalue weighted by Crippen LogP contribution is -2.19. The van der Waals surface area contributed by atoms with Gasteiger partial charge >= 0.3 is 0 Å². The molecule has 0 unspecified atom stereocenters. The number of nitrogens with one attached hydrogen (secondary N) is 2. The summed E-state index contributed by atoms with van der Waals surface area (Å²) >= 11 is 0. The molecule has 3 heterocycles. The van der Waals surface area contributed by atoms with Crippen LogP contribution in [-0.2, 0) is 0 Å². The van der Waals surface area contributed by atoms with Crippen molar-refractivity contribution < 1.29 is 9.18 Å². The van der Waals surface area contributed by atoms with Crippen LogP contribution in [0.1, 0.15) is 23.2 Å². The highest BCUT2D eigenvalue weighted by atomic mass is 19.1. The summed E-state index contributed by atoms with van der Waals surface area (Å²) in [6.07, 6.45) is 5.55. The minimum absolute atomic E-state index is 0.256.